The summed E-state index contributed by atoms with van der Waals surface area (Å²) in [5, 5.41) is 25.2. The van der Waals surface area contributed by atoms with E-state index in [4.69, 9.17) is 14.5 Å². The topological polar surface area (TPSA) is 168 Å². The molecule has 1 fully saturated rings. The molecule has 12 nitrogen and oxygen atoms in total. The number of hydrogen-bond acceptors (Lipinski definition) is 9. The molecular formula is C14H17BrIN7O5S. The van der Waals surface area contributed by atoms with Gasteiger partial charge in [-0.2, -0.15) is 12.7 Å². The fraction of sp³-hybridized carbons (Fsp3) is 0.357. The monoisotopic (exact) mass is 601 g/mol. The second kappa shape index (κ2) is 9.63. The van der Waals surface area contributed by atoms with Crippen molar-refractivity contribution in [3.05, 3.63) is 31.9 Å². The van der Waals surface area contributed by atoms with Gasteiger partial charge < -0.3 is 10.1 Å². The smallest absolute Gasteiger partial charge is 0.277 e. The van der Waals surface area contributed by atoms with Crippen LogP contribution in [0.1, 0.15) is 5.69 Å². The molecule has 1 aromatic heterocycles. The first-order valence-corrected chi connectivity index (χ1v) is 11.6. The molecule has 1 aromatic carbocycles. The van der Waals surface area contributed by atoms with Gasteiger partial charge in [0.15, 0.2) is 11.5 Å². The highest BCUT2D eigenvalue weighted by molar-refractivity contribution is 14.1. The van der Waals surface area contributed by atoms with Crippen LogP contribution in [0.4, 0.5) is 11.5 Å². The van der Waals surface area contributed by atoms with Crippen LogP contribution in [0.2, 0.25) is 0 Å². The molecule has 0 radical (unpaired) electrons. The molecule has 1 atom stereocenters. The standard InChI is InChI=1S/C14H17BrIN7O5S/c15-10-5-8(1-2-11(10)16)19-14(20-24)12-13(22-28-21-12)18-6-9-7-23(3-4-27-9)29(17,25)26/h1-2,5,9,24H,3-4,6-7H2,(H,18,22)(H,19,20)(H2,17,25,26). The van der Waals surface area contributed by atoms with Crippen LogP contribution in [0, 0.1) is 3.57 Å². The van der Waals surface area contributed by atoms with Crippen LogP contribution in [0.15, 0.2) is 32.3 Å². The molecule has 2 aromatic rings. The molecular weight excluding hydrogens is 585 g/mol. The van der Waals surface area contributed by atoms with Crippen molar-refractivity contribution in [2.24, 2.45) is 10.1 Å². The van der Waals surface area contributed by atoms with Crippen molar-refractivity contribution in [1.82, 2.24) is 20.1 Å². The summed E-state index contributed by atoms with van der Waals surface area (Å²) in [6.45, 7) is 0.728. The first kappa shape index (κ1) is 22.3. The van der Waals surface area contributed by atoms with Gasteiger partial charge in [0.25, 0.3) is 10.2 Å². The molecule has 3 rings (SSSR count). The van der Waals surface area contributed by atoms with E-state index in [1.54, 1.807) is 12.1 Å². The number of amidine groups is 1. The van der Waals surface area contributed by atoms with E-state index < -0.39 is 16.3 Å². The van der Waals surface area contributed by atoms with E-state index in [1.165, 1.54) is 0 Å². The highest BCUT2D eigenvalue weighted by Crippen LogP contribution is 2.25. The summed E-state index contributed by atoms with van der Waals surface area (Å²) in [6, 6.07) is 5.40. The number of halogens is 2. The van der Waals surface area contributed by atoms with Gasteiger partial charge in [-0.05, 0) is 67.0 Å². The van der Waals surface area contributed by atoms with Crippen molar-refractivity contribution < 1.29 is 23.0 Å². The van der Waals surface area contributed by atoms with Crippen molar-refractivity contribution in [3.8, 4) is 0 Å². The van der Waals surface area contributed by atoms with Gasteiger partial charge in [-0.3, -0.25) is 10.7 Å². The Hall–Kier alpha value is -1.37. The third-order valence-electron chi connectivity index (χ3n) is 3.92. The summed E-state index contributed by atoms with van der Waals surface area (Å²) in [5.41, 5.74) is 2.68. The van der Waals surface area contributed by atoms with Gasteiger partial charge in [0, 0.05) is 27.7 Å². The van der Waals surface area contributed by atoms with Crippen molar-refractivity contribution >= 4 is 66.1 Å². The minimum absolute atomic E-state index is 0.0117. The third-order valence-corrected chi connectivity index (χ3v) is 7.31. The molecule has 29 heavy (non-hydrogen) atoms. The number of rotatable bonds is 6. The van der Waals surface area contributed by atoms with Gasteiger partial charge in [0.2, 0.25) is 5.82 Å². The van der Waals surface area contributed by atoms with Crippen LogP contribution in [0.25, 0.3) is 0 Å². The number of morpholine rings is 1. The maximum absolute atomic E-state index is 11.5. The fourth-order valence-corrected chi connectivity index (χ4v) is 3.94. The number of ether oxygens (including phenoxy) is 1. The molecule has 0 spiro atoms. The van der Waals surface area contributed by atoms with Gasteiger partial charge in [-0.25, -0.2) is 14.8 Å². The van der Waals surface area contributed by atoms with E-state index in [-0.39, 0.29) is 43.6 Å². The van der Waals surface area contributed by atoms with Crippen molar-refractivity contribution in [3.63, 3.8) is 0 Å². The lowest BCUT2D eigenvalue weighted by molar-refractivity contribution is 0.00676. The molecule has 0 saturated carbocycles. The van der Waals surface area contributed by atoms with E-state index in [9.17, 15) is 13.6 Å². The van der Waals surface area contributed by atoms with Crippen molar-refractivity contribution in [1.29, 1.82) is 0 Å². The number of nitrogens with one attached hydrogen (secondary N) is 2. The second-order valence-corrected chi connectivity index (χ2v) is 9.47. The lowest BCUT2D eigenvalue weighted by atomic mass is 10.3. The average molecular weight is 602 g/mol. The molecule has 15 heteroatoms. The van der Waals surface area contributed by atoms with Gasteiger partial charge in [-0.15, -0.1) is 0 Å². The maximum atomic E-state index is 11.5. The molecule has 2 heterocycles. The van der Waals surface area contributed by atoms with E-state index >= 15 is 0 Å². The minimum Gasteiger partial charge on any atom is -0.374 e. The van der Waals surface area contributed by atoms with Crippen LogP contribution in [-0.4, -0.2) is 66.4 Å². The van der Waals surface area contributed by atoms with E-state index in [1.807, 2.05) is 11.5 Å². The number of anilines is 1. The minimum atomic E-state index is -3.79. The van der Waals surface area contributed by atoms with Crippen molar-refractivity contribution in [2.45, 2.75) is 6.10 Å². The summed E-state index contributed by atoms with van der Waals surface area (Å²) in [7, 11) is -3.79. The number of nitrogens with two attached hydrogens (primary N) is 1. The average Bonchev–Trinajstić information content (AvgIpc) is 3.15. The Morgan fingerprint density at radius 3 is 2.97 bits per heavy atom. The van der Waals surface area contributed by atoms with Crippen molar-refractivity contribution in [2.75, 3.05) is 31.6 Å². The predicted molar refractivity (Wildman–Crippen MR) is 115 cm³/mol. The largest absolute Gasteiger partial charge is 0.374 e. The number of benzene rings is 1. The predicted octanol–water partition coefficient (Wildman–Crippen LogP) is 0.810. The quantitative estimate of drug-likeness (QED) is 0.162. The van der Waals surface area contributed by atoms with Crippen LogP contribution < -0.4 is 15.9 Å². The Morgan fingerprint density at radius 2 is 2.28 bits per heavy atom. The normalized spacial score (nSPS) is 18.6. The second-order valence-electron chi connectivity index (χ2n) is 5.91. The van der Waals surface area contributed by atoms with Crippen LogP contribution in [0.3, 0.4) is 0 Å². The Morgan fingerprint density at radius 1 is 1.48 bits per heavy atom. The van der Waals surface area contributed by atoms with E-state index in [0.29, 0.717) is 5.69 Å². The zero-order valence-electron chi connectivity index (χ0n) is 14.7. The Balaban J connectivity index is 1.72. The molecule has 0 bridgehead atoms. The Bertz CT molecular complexity index is 1000. The first-order chi connectivity index (χ1) is 13.8. The summed E-state index contributed by atoms with van der Waals surface area (Å²) in [4.78, 5) is 4.31. The highest BCUT2D eigenvalue weighted by atomic mass is 127. The number of aromatic nitrogens is 2. The highest BCUT2D eigenvalue weighted by Gasteiger charge is 2.27. The maximum Gasteiger partial charge on any atom is 0.277 e. The molecule has 1 aliphatic heterocycles. The molecule has 1 saturated heterocycles. The fourth-order valence-electron chi connectivity index (χ4n) is 2.53. The van der Waals surface area contributed by atoms with Crippen LogP contribution in [-0.2, 0) is 14.9 Å². The summed E-state index contributed by atoms with van der Waals surface area (Å²) < 4.78 is 36.3. The number of hydrogen-bond donors (Lipinski definition) is 4. The molecule has 1 unspecified atom stereocenters. The van der Waals surface area contributed by atoms with Gasteiger partial charge in [0.05, 0.1) is 18.4 Å². The molecule has 5 N–H and O–H groups in total. The van der Waals surface area contributed by atoms with Gasteiger partial charge in [-0.1, -0.05) is 0 Å². The summed E-state index contributed by atoms with van der Waals surface area (Å²) in [5.74, 6) is 0.212. The Labute approximate surface area is 188 Å². The molecule has 0 aliphatic carbocycles. The van der Waals surface area contributed by atoms with Gasteiger partial charge in [0.1, 0.15) is 0 Å². The Kier molecular flexibility index (Phi) is 7.41. The van der Waals surface area contributed by atoms with Gasteiger partial charge >= 0.3 is 0 Å². The third kappa shape index (κ3) is 5.83. The number of nitrogens with zero attached hydrogens (tertiary/aromatic N) is 4. The van der Waals surface area contributed by atoms with Crippen LogP contribution in [0.5, 0.6) is 0 Å². The molecule has 158 valence electrons. The molecule has 1 aliphatic rings. The zero-order chi connectivity index (χ0) is 21.0. The SMILES string of the molecule is NS(=O)(=O)N1CCOC(CNc2nonc2C(=Nc2ccc(I)c(Br)c2)NO)C1. The zero-order valence-corrected chi connectivity index (χ0v) is 19.3. The first-order valence-electron chi connectivity index (χ1n) is 8.18. The molecule has 0 amide bonds. The number of aliphatic imine (C=N–C) groups is 1. The lowest BCUT2D eigenvalue weighted by Crippen LogP contribution is -2.50. The van der Waals surface area contributed by atoms with Crippen LogP contribution >= 0.6 is 38.5 Å². The number of hydroxylamine groups is 1. The lowest BCUT2D eigenvalue weighted by Gasteiger charge is -2.30. The van der Waals surface area contributed by atoms with E-state index in [2.05, 4.69) is 59.1 Å². The summed E-state index contributed by atoms with van der Waals surface area (Å²) in [6.07, 6.45) is -0.457. The van der Waals surface area contributed by atoms with E-state index in [0.717, 1.165) is 12.3 Å². The summed E-state index contributed by atoms with van der Waals surface area (Å²) >= 11 is 5.59.